The highest BCUT2D eigenvalue weighted by molar-refractivity contribution is 6.30. The standard InChI is InChI=1S/C14H14ClN5/c1-9-12(7-19(2)17-9)14-13(16)8-20(18-14)11-5-3-10(15)4-6-11/h3-8H,16H2,1-2H3. The number of benzene rings is 1. The monoisotopic (exact) mass is 287 g/mol. The average Bonchev–Trinajstić information content (AvgIpc) is 2.93. The van der Waals surface area contributed by atoms with Gasteiger partial charge in [0.1, 0.15) is 5.69 Å². The Balaban J connectivity index is 2.07. The second-order valence-electron chi connectivity index (χ2n) is 4.66. The van der Waals surface area contributed by atoms with E-state index in [1.54, 1.807) is 15.6 Å². The lowest BCUT2D eigenvalue weighted by molar-refractivity contribution is 0.756. The van der Waals surface area contributed by atoms with Gasteiger partial charge in [-0.15, -0.1) is 0 Å². The topological polar surface area (TPSA) is 61.7 Å². The number of nitrogen functional groups attached to an aromatic ring is 1. The molecule has 2 aromatic heterocycles. The third kappa shape index (κ3) is 2.16. The van der Waals surface area contributed by atoms with E-state index in [0.717, 1.165) is 22.6 Å². The lowest BCUT2D eigenvalue weighted by Crippen LogP contribution is -1.94. The van der Waals surface area contributed by atoms with Crippen molar-refractivity contribution in [1.82, 2.24) is 19.6 Å². The molecular weight excluding hydrogens is 274 g/mol. The van der Waals surface area contributed by atoms with E-state index >= 15 is 0 Å². The zero-order chi connectivity index (χ0) is 14.3. The highest BCUT2D eigenvalue weighted by atomic mass is 35.5. The molecule has 6 heteroatoms. The van der Waals surface area contributed by atoms with Gasteiger partial charge in [0, 0.05) is 23.8 Å². The van der Waals surface area contributed by atoms with Crippen LogP contribution in [0, 0.1) is 6.92 Å². The van der Waals surface area contributed by atoms with E-state index in [9.17, 15) is 0 Å². The molecule has 102 valence electrons. The Hall–Kier alpha value is -2.27. The Morgan fingerprint density at radius 1 is 1.10 bits per heavy atom. The van der Waals surface area contributed by atoms with Crippen molar-refractivity contribution in [1.29, 1.82) is 0 Å². The van der Waals surface area contributed by atoms with Crippen LogP contribution in [0.5, 0.6) is 0 Å². The van der Waals surface area contributed by atoms with Crippen LogP contribution in [0.15, 0.2) is 36.7 Å². The number of nitrogens with two attached hydrogens (primary N) is 1. The van der Waals surface area contributed by atoms with Crippen LogP contribution in [0.1, 0.15) is 5.69 Å². The minimum atomic E-state index is 0.621. The molecule has 3 rings (SSSR count). The zero-order valence-electron chi connectivity index (χ0n) is 11.2. The van der Waals surface area contributed by atoms with Crippen LogP contribution in [0.2, 0.25) is 5.02 Å². The summed E-state index contributed by atoms with van der Waals surface area (Å²) in [7, 11) is 1.88. The van der Waals surface area contributed by atoms with Gasteiger partial charge < -0.3 is 5.73 Å². The maximum Gasteiger partial charge on any atom is 0.119 e. The van der Waals surface area contributed by atoms with Gasteiger partial charge in [0.2, 0.25) is 0 Å². The summed E-state index contributed by atoms with van der Waals surface area (Å²) < 4.78 is 3.50. The summed E-state index contributed by atoms with van der Waals surface area (Å²) in [6.45, 7) is 1.94. The van der Waals surface area contributed by atoms with Crippen molar-refractivity contribution in [2.45, 2.75) is 6.92 Å². The molecule has 2 heterocycles. The smallest absolute Gasteiger partial charge is 0.119 e. The van der Waals surface area contributed by atoms with Crippen LogP contribution in [-0.2, 0) is 7.05 Å². The highest BCUT2D eigenvalue weighted by Gasteiger charge is 2.14. The fraction of sp³-hybridized carbons (Fsp3) is 0.143. The average molecular weight is 288 g/mol. The van der Waals surface area contributed by atoms with Crippen molar-refractivity contribution in [3.63, 3.8) is 0 Å². The second kappa shape index (κ2) is 4.68. The summed E-state index contributed by atoms with van der Waals surface area (Å²) >= 11 is 5.89. The van der Waals surface area contributed by atoms with Crippen LogP contribution in [-0.4, -0.2) is 19.6 Å². The van der Waals surface area contributed by atoms with Gasteiger partial charge in [-0.1, -0.05) is 11.6 Å². The van der Waals surface area contributed by atoms with Crippen LogP contribution >= 0.6 is 11.6 Å². The lowest BCUT2D eigenvalue weighted by Gasteiger charge is -2.00. The number of hydrogen-bond acceptors (Lipinski definition) is 3. The van der Waals surface area contributed by atoms with E-state index in [1.807, 2.05) is 44.4 Å². The van der Waals surface area contributed by atoms with Gasteiger partial charge in [0.15, 0.2) is 0 Å². The zero-order valence-corrected chi connectivity index (χ0v) is 12.0. The van der Waals surface area contributed by atoms with Crippen molar-refractivity contribution < 1.29 is 0 Å². The van der Waals surface area contributed by atoms with Gasteiger partial charge in [-0.2, -0.15) is 10.2 Å². The molecule has 0 radical (unpaired) electrons. The number of anilines is 1. The molecule has 0 aliphatic heterocycles. The van der Waals surface area contributed by atoms with Crippen molar-refractivity contribution in [3.05, 3.63) is 47.4 Å². The van der Waals surface area contributed by atoms with Crippen molar-refractivity contribution >= 4 is 17.3 Å². The molecule has 2 N–H and O–H groups in total. The normalized spacial score (nSPS) is 10.9. The fourth-order valence-corrected chi connectivity index (χ4v) is 2.28. The summed E-state index contributed by atoms with van der Waals surface area (Å²) in [4.78, 5) is 0. The molecule has 0 saturated carbocycles. The largest absolute Gasteiger partial charge is 0.396 e. The molecular formula is C14H14ClN5. The van der Waals surface area contributed by atoms with E-state index in [1.165, 1.54) is 0 Å². The number of halogens is 1. The Morgan fingerprint density at radius 2 is 1.80 bits per heavy atom. The Bertz CT molecular complexity index is 754. The number of aryl methyl sites for hydroxylation is 2. The minimum absolute atomic E-state index is 0.621. The predicted molar refractivity (Wildman–Crippen MR) is 79.9 cm³/mol. The van der Waals surface area contributed by atoms with Crippen molar-refractivity contribution in [2.24, 2.45) is 7.05 Å². The predicted octanol–water partition coefficient (Wildman–Crippen LogP) is 2.82. The van der Waals surface area contributed by atoms with Crippen LogP contribution < -0.4 is 5.73 Å². The summed E-state index contributed by atoms with van der Waals surface area (Å²) in [6, 6.07) is 7.44. The van der Waals surface area contributed by atoms with Crippen LogP contribution in [0.25, 0.3) is 16.9 Å². The van der Waals surface area contributed by atoms with Gasteiger partial charge in [0.25, 0.3) is 0 Å². The maximum atomic E-state index is 6.07. The first-order chi connectivity index (χ1) is 9.54. The number of hydrogen-bond donors (Lipinski definition) is 1. The first-order valence-corrected chi connectivity index (χ1v) is 6.54. The SMILES string of the molecule is Cc1nn(C)cc1-c1nn(-c2ccc(Cl)cc2)cc1N. The Kier molecular flexibility index (Phi) is 2.99. The summed E-state index contributed by atoms with van der Waals surface area (Å²) in [5.41, 5.74) is 10.2. The van der Waals surface area contributed by atoms with Gasteiger partial charge >= 0.3 is 0 Å². The van der Waals surface area contributed by atoms with Crippen molar-refractivity contribution in [2.75, 3.05) is 5.73 Å². The molecule has 0 fully saturated rings. The molecule has 20 heavy (non-hydrogen) atoms. The quantitative estimate of drug-likeness (QED) is 0.788. The first kappa shape index (κ1) is 12.7. The molecule has 5 nitrogen and oxygen atoms in total. The third-order valence-corrected chi connectivity index (χ3v) is 3.35. The summed E-state index contributed by atoms with van der Waals surface area (Å²) in [6.07, 6.45) is 3.71. The van der Waals surface area contributed by atoms with Gasteiger partial charge in [-0.05, 0) is 31.2 Å². The molecule has 0 aliphatic rings. The number of rotatable bonds is 2. The third-order valence-electron chi connectivity index (χ3n) is 3.10. The van der Waals surface area contributed by atoms with Crippen molar-refractivity contribution in [3.8, 4) is 16.9 Å². The molecule has 0 aliphatic carbocycles. The fourth-order valence-electron chi connectivity index (χ4n) is 2.15. The lowest BCUT2D eigenvalue weighted by atomic mass is 10.2. The minimum Gasteiger partial charge on any atom is -0.396 e. The molecule has 0 spiro atoms. The van der Waals surface area contributed by atoms with E-state index in [0.29, 0.717) is 10.7 Å². The summed E-state index contributed by atoms with van der Waals surface area (Å²) in [5, 5.41) is 9.56. The number of aromatic nitrogens is 4. The van der Waals surface area contributed by atoms with E-state index < -0.39 is 0 Å². The molecule has 0 bridgehead atoms. The second-order valence-corrected chi connectivity index (χ2v) is 5.09. The van der Waals surface area contributed by atoms with Crippen LogP contribution in [0.4, 0.5) is 5.69 Å². The van der Waals surface area contributed by atoms with Gasteiger partial charge in [0.05, 0.1) is 23.3 Å². The molecule has 0 unspecified atom stereocenters. The van der Waals surface area contributed by atoms with Crippen LogP contribution in [0.3, 0.4) is 0 Å². The van der Waals surface area contributed by atoms with E-state index in [4.69, 9.17) is 17.3 Å². The molecule has 0 saturated heterocycles. The highest BCUT2D eigenvalue weighted by Crippen LogP contribution is 2.27. The van der Waals surface area contributed by atoms with E-state index in [-0.39, 0.29) is 0 Å². The first-order valence-electron chi connectivity index (χ1n) is 6.16. The number of nitrogens with zero attached hydrogens (tertiary/aromatic N) is 4. The molecule has 0 amide bonds. The molecule has 1 aromatic carbocycles. The Morgan fingerprint density at radius 3 is 2.40 bits per heavy atom. The van der Waals surface area contributed by atoms with E-state index in [2.05, 4.69) is 10.2 Å². The maximum absolute atomic E-state index is 6.07. The summed E-state index contributed by atoms with van der Waals surface area (Å²) in [5.74, 6) is 0. The molecule has 3 aromatic rings. The van der Waals surface area contributed by atoms with Gasteiger partial charge in [-0.25, -0.2) is 4.68 Å². The van der Waals surface area contributed by atoms with Gasteiger partial charge in [-0.3, -0.25) is 4.68 Å². The molecule has 0 atom stereocenters. The Labute approximate surface area is 121 Å².